The molecule has 6 nitrogen and oxygen atoms in total. The Labute approximate surface area is 53.1 Å². The Morgan fingerprint density at radius 2 is 2.56 bits per heavy atom. The van der Waals surface area contributed by atoms with Gasteiger partial charge in [-0.25, -0.2) is 4.21 Å². The molecule has 1 unspecified atom stereocenters. The van der Waals surface area contributed by atoms with E-state index in [9.17, 15) is 4.21 Å². The normalized spacial score (nSPS) is 13.4. The van der Waals surface area contributed by atoms with Gasteiger partial charge in [-0.05, 0) is 0 Å². The minimum atomic E-state index is -2.15. The van der Waals surface area contributed by atoms with E-state index in [1.807, 2.05) is 0 Å². The molecule has 1 heterocycles. The van der Waals surface area contributed by atoms with Gasteiger partial charge >= 0.3 is 0 Å². The van der Waals surface area contributed by atoms with Crippen molar-refractivity contribution in [2.24, 2.45) is 0 Å². The zero-order valence-electron chi connectivity index (χ0n) is 4.26. The molecule has 1 aromatic heterocycles. The van der Waals surface area contributed by atoms with Gasteiger partial charge in [0.05, 0.1) is 6.20 Å². The second-order valence-electron chi connectivity index (χ2n) is 1.28. The molecular weight excluding hydrogens is 144 g/mol. The maximum atomic E-state index is 10.1. The van der Waals surface area contributed by atoms with Gasteiger partial charge in [0.2, 0.25) is 0 Å². The lowest BCUT2D eigenvalue weighted by Gasteiger charge is -1.84. The maximum absolute atomic E-state index is 10.1. The summed E-state index contributed by atoms with van der Waals surface area (Å²) in [5.41, 5.74) is 5.08. The van der Waals surface area contributed by atoms with E-state index in [0.717, 1.165) is 10.3 Å². The average molecular weight is 148 g/mol. The summed E-state index contributed by atoms with van der Waals surface area (Å²) in [6, 6.07) is 0. The predicted molar refractivity (Wildman–Crippen MR) is 30.6 cm³/mol. The van der Waals surface area contributed by atoms with Crippen molar-refractivity contribution in [1.29, 1.82) is 0 Å². The topological polar surface area (TPSA) is 94.0 Å². The van der Waals surface area contributed by atoms with Gasteiger partial charge in [-0.3, -0.25) is 4.55 Å². The molecule has 0 amide bonds. The van der Waals surface area contributed by atoms with Gasteiger partial charge in [0.1, 0.15) is 0 Å². The van der Waals surface area contributed by atoms with E-state index in [1.54, 1.807) is 0 Å². The summed E-state index contributed by atoms with van der Waals surface area (Å²) in [5.74, 6) is 0.123. The van der Waals surface area contributed by atoms with Crippen molar-refractivity contribution < 1.29 is 8.76 Å². The fourth-order valence-electron chi connectivity index (χ4n) is 0.337. The van der Waals surface area contributed by atoms with Crippen molar-refractivity contribution in [1.82, 2.24) is 14.4 Å². The lowest BCUT2D eigenvalue weighted by molar-refractivity contribution is 0.544. The number of anilines is 1. The number of nitrogen functional groups attached to an aromatic ring is 1. The highest BCUT2D eigenvalue weighted by Crippen LogP contribution is 1.91. The van der Waals surface area contributed by atoms with Crippen molar-refractivity contribution in [3.05, 3.63) is 6.20 Å². The van der Waals surface area contributed by atoms with Crippen LogP contribution in [0.4, 0.5) is 5.82 Å². The van der Waals surface area contributed by atoms with Crippen LogP contribution in [0.25, 0.3) is 0 Å². The van der Waals surface area contributed by atoms with E-state index in [0.29, 0.717) is 0 Å². The third-order valence-corrected chi connectivity index (χ3v) is 1.15. The Morgan fingerprint density at radius 1 is 1.89 bits per heavy atom. The monoisotopic (exact) mass is 148 g/mol. The molecule has 0 aromatic carbocycles. The van der Waals surface area contributed by atoms with E-state index >= 15 is 0 Å². The molecule has 0 bridgehead atoms. The first-order chi connectivity index (χ1) is 4.20. The number of hydrogen-bond acceptors (Lipinski definition) is 4. The van der Waals surface area contributed by atoms with E-state index in [2.05, 4.69) is 10.3 Å². The molecule has 9 heavy (non-hydrogen) atoms. The molecule has 1 atom stereocenters. The van der Waals surface area contributed by atoms with Crippen molar-refractivity contribution in [3.8, 4) is 0 Å². The van der Waals surface area contributed by atoms with Gasteiger partial charge in [-0.15, -0.1) is 9.19 Å². The molecule has 0 fully saturated rings. The molecule has 7 heteroatoms. The summed E-state index contributed by atoms with van der Waals surface area (Å²) in [5, 5.41) is 6.48. The van der Waals surface area contributed by atoms with Crippen molar-refractivity contribution in [2.75, 3.05) is 5.73 Å². The predicted octanol–water partition coefficient (Wildman–Crippen LogP) is -1.15. The Hall–Kier alpha value is -0.950. The summed E-state index contributed by atoms with van der Waals surface area (Å²) in [7, 11) is 0. The zero-order chi connectivity index (χ0) is 6.85. The average Bonchev–Trinajstić information content (AvgIpc) is 2.14. The molecule has 0 aliphatic heterocycles. The highest BCUT2D eigenvalue weighted by Gasteiger charge is 1.98. The van der Waals surface area contributed by atoms with E-state index in [4.69, 9.17) is 10.3 Å². The summed E-state index contributed by atoms with van der Waals surface area (Å²) in [6.45, 7) is 0. The van der Waals surface area contributed by atoms with E-state index in [-0.39, 0.29) is 5.82 Å². The number of rotatable bonds is 1. The Bertz CT molecular complexity index is 232. The summed E-state index contributed by atoms with van der Waals surface area (Å²) >= 11 is -2.15. The molecular formula is C2H4N4O2S. The van der Waals surface area contributed by atoms with Crippen LogP contribution >= 0.6 is 0 Å². The van der Waals surface area contributed by atoms with Gasteiger partial charge in [0.15, 0.2) is 5.82 Å². The van der Waals surface area contributed by atoms with Crippen LogP contribution in [0.1, 0.15) is 0 Å². The summed E-state index contributed by atoms with van der Waals surface area (Å²) < 4.78 is 19.2. The second-order valence-corrected chi connectivity index (χ2v) is 2.11. The van der Waals surface area contributed by atoms with Crippen LogP contribution < -0.4 is 5.73 Å². The molecule has 0 spiro atoms. The van der Waals surface area contributed by atoms with Crippen LogP contribution in [0.15, 0.2) is 6.20 Å². The minimum absolute atomic E-state index is 0.123. The first-order valence-corrected chi connectivity index (χ1v) is 3.05. The quantitative estimate of drug-likeness (QED) is 0.490. The Kier molecular flexibility index (Phi) is 1.45. The van der Waals surface area contributed by atoms with Gasteiger partial charge in [-0.1, -0.05) is 5.21 Å². The molecule has 50 valence electrons. The number of hydrogen-bond donors (Lipinski definition) is 2. The van der Waals surface area contributed by atoms with Gasteiger partial charge < -0.3 is 5.73 Å². The molecule has 0 aliphatic rings. The number of aromatic nitrogens is 3. The number of nitrogens with zero attached hydrogens (tertiary/aromatic N) is 3. The lowest BCUT2D eigenvalue weighted by Crippen LogP contribution is -2.02. The zero-order valence-corrected chi connectivity index (χ0v) is 5.08. The first-order valence-electron chi connectivity index (χ1n) is 1.99. The molecule has 0 saturated heterocycles. The molecule has 1 rings (SSSR count). The largest absolute Gasteiger partial charge is 0.381 e. The minimum Gasteiger partial charge on any atom is -0.381 e. The molecule has 0 radical (unpaired) electrons. The van der Waals surface area contributed by atoms with Crippen molar-refractivity contribution >= 4 is 17.1 Å². The molecule has 1 aromatic rings. The van der Waals surface area contributed by atoms with Crippen LogP contribution in [-0.4, -0.2) is 23.2 Å². The molecule has 3 N–H and O–H groups in total. The fourth-order valence-corrected chi connectivity index (χ4v) is 0.634. The van der Waals surface area contributed by atoms with Crippen LogP contribution in [0, 0.1) is 0 Å². The standard InChI is InChI=1S/C2H4N4O2S/c3-2-1-6(5-4-2)9(7)8/h1H,3H2,(H,7,8). The molecule has 0 aliphatic carbocycles. The summed E-state index contributed by atoms with van der Waals surface area (Å²) in [6.07, 6.45) is 1.16. The summed E-state index contributed by atoms with van der Waals surface area (Å²) in [4.78, 5) is 0. The van der Waals surface area contributed by atoms with Crippen molar-refractivity contribution in [2.45, 2.75) is 0 Å². The van der Waals surface area contributed by atoms with Crippen LogP contribution in [0.2, 0.25) is 0 Å². The Balaban J connectivity index is 2.98. The maximum Gasteiger partial charge on any atom is 0.284 e. The van der Waals surface area contributed by atoms with Crippen LogP contribution in [0.5, 0.6) is 0 Å². The van der Waals surface area contributed by atoms with Crippen LogP contribution in [-0.2, 0) is 11.3 Å². The lowest BCUT2D eigenvalue weighted by atomic mass is 10.8. The first kappa shape index (κ1) is 6.17. The highest BCUT2D eigenvalue weighted by atomic mass is 32.2. The van der Waals surface area contributed by atoms with Crippen molar-refractivity contribution in [3.63, 3.8) is 0 Å². The smallest absolute Gasteiger partial charge is 0.284 e. The Morgan fingerprint density at radius 3 is 2.78 bits per heavy atom. The highest BCUT2D eigenvalue weighted by molar-refractivity contribution is 7.77. The number of nitrogens with two attached hydrogens (primary N) is 1. The van der Waals surface area contributed by atoms with Gasteiger partial charge in [-0.2, -0.15) is 0 Å². The fraction of sp³-hybridized carbons (Fsp3) is 0. The van der Waals surface area contributed by atoms with Gasteiger partial charge in [0, 0.05) is 0 Å². The SMILES string of the molecule is Nc1cn(S(=O)O)nn1. The van der Waals surface area contributed by atoms with E-state index in [1.165, 1.54) is 0 Å². The van der Waals surface area contributed by atoms with E-state index < -0.39 is 11.3 Å². The molecule has 0 saturated carbocycles. The van der Waals surface area contributed by atoms with Gasteiger partial charge in [0.25, 0.3) is 11.3 Å². The third-order valence-electron chi connectivity index (χ3n) is 0.651. The van der Waals surface area contributed by atoms with Crippen LogP contribution in [0.3, 0.4) is 0 Å². The third kappa shape index (κ3) is 1.24. The second kappa shape index (κ2) is 2.11.